The molecular weight excluding hydrogens is 481 g/mol. The maximum Gasteiger partial charge on any atom is 0.261 e. The summed E-state index contributed by atoms with van der Waals surface area (Å²) in [5.74, 6) is -1.78. The number of halogens is 2. The molecule has 0 spiro atoms. The summed E-state index contributed by atoms with van der Waals surface area (Å²) in [5.41, 5.74) is 1.88. The van der Waals surface area contributed by atoms with Gasteiger partial charge in [-0.15, -0.1) is 0 Å². The van der Waals surface area contributed by atoms with Gasteiger partial charge in [0.1, 0.15) is 11.4 Å². The van der Waals surface area contributed by atoms with Crippen molar-refractivity contribution in [3.8, 4) is 0 Å². The molecule has 184 valence electrons. The molecule has 0 atom stereocenters. The van der Waals surface area contributed by atoms with E-state index < -0.39 is 17.6 Å². The second kappa shape index (κ2) is 11.2. The molecule has 6 nitrogen and oxygen atoms in total. The number of nitrogens with one attached hydrogen (secondary N) is 1. The van der Waals surface area contributed by atoms with Crippen molar-refractivity contribution in [1.29, 1.82) is 0 Å². The summed E-state index contributed by atoms with van der Waals surface area (Å²) in [7, 11) is 0. The van der Waals surface area contributed by atoms with E-state index in [1.54, 1.807) is 41.3 Å². The van der Waals surface area contributed by atoms with Crippen LogP contribution in [0, 0.1) is 5.82 Å². The van der Waals surface area contributed by atoms with Gasteiger partial charge in [0.15, 0.2) is 5.78 Å². The molecule has 2 amide bonds. The minimum atomic E-state index is -0.646. The van der Waals surface area contributed by atoms with E-state index in [1.807, 2.05) is 18.2 Å². The minimum Gasteiger partial charge on any atom is -0.368 e. The molecule has 3 aromatic rings. The smallest absolute Gasteiger partial charge is 0.261 e. The van der Waals surface area contributed by atoms with Crippen molar-refractivity contribution in [2.24, 2.45) is 0 Å². The molecule has 36 heavy (non-hydrogen) atoms. The predicted molar refractivity (Wildman–Crippen MR) is 140 cm³/mol. The van der Waals surface area contributed by atoms with Gasteiger partial charge < -0.3 is 15.1 Å². The highest BCUT2D eigenvalue weighted by Gasteiger charge is 2.28. The molecule has 0 bridgehead atoms. The Kier molecular flexibility index (Phi) is 7.80. The van der Waals surface area contributed by atoms with Crippen LogP contribution in [0.25, 0.3) is 6.08 Å². The molecule has 0 unspecified atom stereocenters. The van der Waals surface area contributed by atoms with Crippen molar-refractivity contribution < 1.29 is 18.8 Å². The van der Waals surface area contributed by atoms with Gasteiger partial charge in [0.25, 0.3) is 11.8 Å². The molecule has 1 aliphatic heterocycles. The fraction of sp³-hybridized carbons (Fsp3) is 0.179. The summed E-state index contributed by atoms with van der Waals surface area (Å²) < 4.78 is 14.5. The number of para-hydroxylation sites is 1. The maximum atomic E-state index is 14.5. The number of anilines is 2. The van der Waals surface area contributed by atoms with E-state index in [-0.39, 0.29) is 21.9 Å². The molecule has 1 aliphatic rings. The molecule has 1 fully saturated rings. The van der Waals surface area contributed by atoms with E-state index in [9.17, 15) is 18.8 Å². The fourth-order valence-corrected chi connectivity index (χ4v) is 4.20. The van der Waals surface area contributed by atoms with Gasteiger partial charge in [-0.3, -0.25) is 14.4 Å². The van der Waals surface area contributed by atoms with E-state index in [0.29, 0.717) is 37.4 Å². The van der Waals surface area contributed by atoms with Crippen molar-refractivity contribution in [1.82, 2.24) is 4.90 Å². The number of amides is 2. The molecular formula is C28H25ClFN3O3. The lowest BCUT2D eigenvalue weighted by molar-refractivity contribution is -0.129. The summed E-state index contributed by atoms with van der Waals surface area (Å²) in [6.07, 6.45) is 1.21. The number of carbonyl (C=O) groups excluding carboxylic acids is 3. The SMILES string of the molecule is CC(=O)c1ccc(N2CCN(C(=O)C(=Cc3c(F)cccc3Cl)C(=O)Nc3ccccc3)CC2)cc1. The Balaban J connectivity index is 1.54. The Morgan fingerprint density at radius 2 is 1.56 bits per heavy atom. The molecule has 3 aromatic carbocycles. The highest BCUT2D eigenvalue weighted by atomic mass is 35.5. The molecule has 1 saturated heterocycles. The Labute approximate surface area is 214 Å². The summed E-state index contributed by atoms with van der Waals surface area (Å²) in [6, 6.07) is 20.2. The zero-order valence-electron chi connectivity index (χ0n) is 19.7. The number of carbonyl (C=O) groups is 3. The van der Waals surface area contributed by atoms with Crippen LogP contribution in [-0.4, -0.2) is 48.7 Å². The first-order valence-corrected chi connectivity index (χ1v) is 11.9. The van der Waals surface area contributed by atoms with Crippen molar-refractivity contribution in [2.45, 2.75) is 6.92 Å². The standard InChI is InChI=1S/C28H25ClFN3O3/c1-19(34)20-10-12-22(13-11-20)32-14-16-33(17-15-32)28(36)24(18-23-25(29)8-5-9-26(23)30)27(35)31-21-6-3-2-4-7-21/h2-13,18H,14-17H2,1H3,(H,31,35). The number of Topliss-reactive ketones (excluding diaryl/α,β-unsaturated/α-hetero) is 1. The largest absolute Gasteiger partial charge is 0.368 e. The van der Waals surface area contributed by atoms with Crippen molar-refractivity contribution >= 4 is 46.6 Å². The van der Waals surface area contributed by atoms with Gasteiger partial charge in [-0.25, -0.2) is 4.39 Å². The van der Waals surface area contributed by atoms with Gasteiger partial charge >= 0.3 is 0 Å². The second-order valence-corrected chi connectivity index (χ2v) is 8.80. The molecule has 0 radical (unpaired) electrons. The van der Waals surface area contributed by atoms with Crippen LogP contribution >= 0.6 is 11.6 Å². The monoisotopic (exact) mass is 505 g/mol. The Bertz CT molecular complexity index is 1280. The highest BCUT2D eigenvalue weighted by molar-refractivity contribution is 6.33. The minimum absolute atomic E-state index is 0.0000168. The average molecular weight is 506 g/mol. The number of benzene rings is 3. The van der Waals surface area contributed by atoms with Crippen LogP contribution < -0.4 is 10.2 Å². The molecule has 8 heteroatoms. The molecule has 1 heterocycles. The third-order valence-electron chi connectivity index (χ3n) is 6.00. The third kappa shape index (κ3) is 5.80. The normalized spacial score (nSPS) is 13.9. The molecule has 0 aromatic heterocycles. The first-order valence-electron chi connectivity index (χ1n) is 11.5. The zero-order valence-corrected chi connectivity index (χ0v) is 20.5. The average Bonchev–Trinajstić information content (AvgIpc) is 2.89. The zero-order chi connectivity index (χ0) is 25.7. The first kappa shape index (κ1) is 25.1. The van der Waals surface area contributed by atoms with E-state index >= 15 is 0 Å². The molecule has 1 N–H and O–H groups in total. The van der Waals surface area contributed by atoms with Gasteiger partial charge in [-0.05, 0) is 61.5 Å². The summed E-state index contributed by atoms with van der Waals surface area (Å²) >= 11 is 6.18. The van der Waals surface area contributed by atoms with Crippen molar-refractivity contribution in [3.05, 3.63) is 100 Å². The summed E-state index contributed by atoms with van der Waals surface area (Å²) in [5, 5.41) is 2.82. The van der Waals surface area contributed by atoms with E-state index in [2.05, 4.69) is 10.2 Å². The summed E-state index contributed by atoms with van der Waals surface area (Å²) in [6.45, 7) is 3.34. The van der Waals surface area contributed by atoms with E-state index in [4.69, 9.17) is 11.6 Å². The van der Waals surface area contributed by atoms with Gasteiger partial charge in [0, 0.05) is 48.7 Å². The second-order valence-electron chi connectivity index (χ2n) is 8.40. The van der Waals surface area contributed by atoms with Crippen molar-refractivity contribution in [3.63, 3.8) is 0 Å². The first-order chi connectivity index (χ1) is 17.3. The van der Waals surface area contributed by atoms with E-state index in [0.717, 1.165) is 5.69 Å². The number of rotatable bonds is 6. The van der Waals surface area contributed by atoms with Crippen LogP contribution in [0.1, 0.15) is 22.8 Å². The van der Waals surface area contributed by atoms with Gasteiger partial charge in [0.2, 0.25) is 0 Å². The van der Waals surface area contributed by atoms with Gasteiger partial charge in [-0.1, -0.05) is 35.9 Å². The number of hydrogen-bond acceptors (Lipinski definition) is 4. The van der Waals surface area contributed by atoms with Crippen LogP contribution in [0.2, 0.25) is 5.02 Å². The molecule has 0 aliphatic carbocycles. The van der Waals surface area contributed by atoms with Crippen LogP contribution in [0.15, 0.2) is 78.4 Å². The Morgan fingerprint density at radius 3 is 2.17 bits per heavy atom. The number of nitrogens with zero attached hydrogens (tertiary/aromatic N) is 2. The lowest BCUT2D eigenvalue weighted by Gasteiger charge is -2.36. The van der Waals surface area contributed by atoms with Gasteiger partial charge in [-0.2, -0.15) is 0 Å². The quantitative estimate of drug-likeness (QED) is 0.220. The van der Waals surface area contributed by atoms with E-state index in [1.165, 1.54) is 31.2 Å². The molecule has 4 rings (SSSR count). The predicted octanol–water partition coefficient (Wildman–Crippen LogP) is 5.05. The third-order valence-corrected chi connectivity index (χ3v) is 6.33. The number of hydrogen-bond donors (Lipinski definition) is 1. The Hall–Kier alpha value is -3.97. The topological polar surface area (TPSA) is 69.7 Å². The number of piperazine rings is 1. The van der Waals surface area contributed by atoms with Crippen LogP contribution in [0.4, 0.5) is 15.8 Å². The van der Waals surface area contributed by atoms with Crippen LogP contribution in [-0.2, 0) is 9.59 Å². The van der Waals surface area contributed by atoms with Gasteiger partial charge in [0.05, 0.1) is 5.02 Å². The lowest BCUT2D eigenvalue weighted by atomic mass is 10.1. The summed E-state index contributed by atoms with van der Waals surface area (Å²) in [4.78, 5) is 41.9. The fourth-order valence-electron chi connectivity index (χ4n) is 3.98. The molecule has 0 saturated carbocycles. The van der Waals surface area contributed by atoms with Crippen molar-refractivity contribution in [2.75, 3.05) is 36.4 Å². The number of ketones is 1. The highest BCUT2D eigenvalue weighted by Crippen LogP contribution is 2.24. The lowest BCUT2D eigenvalue weighted by Crippen LogP contribution is -2.50. The van der Waals surface area contributed by atoms with Crippen LogP contribution in [0.5, 0.6) is 0 Å². The van der Waals surface area contributed by atoms with Crippen LogP contribution in [0.3, 0.4) is 0 Å². The maximum absolute atomic E-state index is 14.5. The Morgan fingerprint density at radius 1 is 0.889 bits per heavy atom.